The van der Waals surface area contributed by atoms with Crippen LogP contribution in [0.2, 0.25) is 0 Å². The lowest BCUT2D eigenvalue weighted by atomic mass is 9.93. The molecule has 120 valence electrons. The van der Waals surface area contributed by atoms with Crippen LogP contribution in [0.15, 0.2) is 12.2 Å². The second-order valence-corrected chi connectivity index (χ2v) is 4.57. The molecular formula is C13H21NO7. The average molecular weight is 303 g/mol. The van der Waals surface area contributed by atoms with E-state index < -0.39 is 28.5 Å². The first-order valence-corrected chi connectivity index (χ1v) is 6.60. The second-order valence-electron chi connectivity index (χ2n) is 4.57. The summed E-state index contributed by atoms with van der Waals surface area (Å²) in [6.45, 7) is 6.13. The molecule has 0 rings (SSSR count). The van der Waals surface area contributed by atoms with Gasteiger partial charge < -0.3 is 14.6 Å². The molecule has 8 nitrogen and oxygen atoms in total. The molecular weight excluding hydrogens is 282 g/mol. The van der Waals surface area contributed by atoms with E-state index in [4.69, 9.17) is 0 Å². The molecule has 0 aliphatic heterocycles. The lowest BCUT2D eigenvalue weighted by Gasteiger charge is -2.24. The van der Waals surface area contributed by atoms with Crippen molar-refractivity contribution in [3.05, 3.63) is 22.3 Å². The third-order valence-corrected chi connectivity index (χ3v) is 2.51. The summed E-state index contributed by atoms with van der Waals surface area (Å²) < 4.78 is 9.17. The number of esters is 2. The fourth-order valence-electron chi connectivity index (χ4n) is 1.50. The maximum absolute atomic E-state index is 11.9. The number of rotatable bonds is 8. The quantitative estimate of drug-likeness (QED) is 0.231. The highest BCUT2D eigenvalue weighted by Gasteiger charge is 2.60. The summed E-state index contributed by atoms with van der Waals surface area (Å²) in [6.07, 6.45) is 2.41. The predicted octanol–water partition coefficient (Wildman–Crippen LogP) is 0.701. The smallest absolute Gasteiger partial charge is 0.358 e. The van der Waals surface area contributed by atoms with Crippen LogP contribution in [0.1, 0.15) is 27.7 Å². The van der Waals surface area contributed by atoms with Gasteiger partial charge in [0.05, 0.1) is 13.2 Å². The number of carbonyl (C=O) groups excluding carboxylic acids is 2. The van der Waals surface area contributed by atoms with Crippen LogP contribution in [-0.4, -0.2) is 46.8 Å². The molecule has 8 heteroatoms. The summed E-state index contributed by atoms with van der Waals surface area (Å²) in [4.78, 5) is 34.0. The van der Waals surface area contributed by atoms with Crippen LogP contribution in [0.25, 0.3) is 0 Å². The fourth-order valence-corrected chi connectivity index (χ4v) is 1.50. The highest BCUT2D eigenvalue weighted by Crippen LogP contribution is 2.20. The summed E-state index contributed by atoms with van der Waals surface area (Å²) in [6, 6.07) is -1.99. The monoisotopic (exact) mass is 303 g/mol. The van der Waals surface area contributed by atoms with Gasteiger partial charge in [-0.15, -0.1) is 0 Å². The van der Waals surface area contributed by atoms with E-state index in [1.165, 1.54) is 19.9 Å². The lowest BCUT2D eigenvalue weighted by Crippen LogP contribution is -2.59. The predicted molar refractivity (Wildman–Crippen MR) is 73.0 cm³/mol. The molecule has 0 spiro atoms. The summed E-state index contributed by atoms with van der Waals surface area (Å²) in [7, 11) is 0. The first-order valence-electron chi connectivity index (χ1n) is 6.60. The minimum absolute atomic E-state index is 0.0684. The number of hydrogen-bond donors (Lipinski definition) is 1. The van der Waals surface area contributed by atoms with E-state index in [0.717, 1.165) is 6.08 Å². The number of nitro groups is 1. The summed E-state index contributed by atoms with van der Waals surface area (Å²) in [5.74, 6) is -2.88. The van der Waals surface area contributed by atoms with Crippen molar-refractivity contribution in [1.82, 2.24) is 0 Å². The Hall–Kier alpha value is -1.96. The van der Waals surface area contributed by atoms with Crippen molar-refractivity contribution in [2.75, 3.05) is 13.2 Å². The van der Waals surface area contributed by atoms with Gasteiger partial charge in [-0.1, -0.05) is 19.9 Å². The standard InChI is InChI=1S/C13H21NO7/c1-5-20-11(15)13(17,12(16)21-6-2)10(14(18)19)8-7-9(3)4/h7-10,17H,5-6H2,1-4H3/b8-7+. The Bertz CT molecular complexity index is 399. The second kappa shape index (κ2) is 8.35. The molecule has 0 amide bonds. The van der Waals surface area contributed by atoms with Crippen LogP contribution in [0.5, 0.6) is 0 Å². The number of hydrogen-bond acceptors (Lipinski definition) is 7. The Balaban J connectivity index is 5.75. The first kappa shape index (κ1) is 19.0. The Kier molecular flexibility index (Phi) is 7.57. The van der Waals surface area contributed by atoms with Gasteiger partial charge in [0, 0.05) is 4.92 Å². The van der Waals surface area contributed by atoms with Crippen molar-refractivity contribution in [2.24, 2.45) is 5.92 Å². The van der Waals surface area contributed by atoms with Gasteiger partial charge in [0.1, 0.15) is 0 Å². The van der Waals surface area contributed by atoms with Crippen molar-refractivity contribution in [1.29, 1.82) is 0 Å². The molecule has 1 unspecified atom stereocenters. The van der Waals surface area contributed by atoms with Crippen LogP contribution in [-0.2, 0) is 19.1 Å². The largest absolute Gasteiger partial charge is 0.463 e. The Morgan fingerprint density at radius 3 is 1.90 bits per heavy atom. The third kappa shape index (κ3) is 4.82. The topological polar surface area (TPSA) is 116 Å². The summed E-state index contributed by atoms with van der Waals surface area (Å²) in [5.41, 5.74) is -3.01. The summed E-state index contributed by atoms with van der Waals surface area (Å²) in [5, 5.41) is 21.5. The van der Waals surface area contributed by atoms with Crippen LogP contribution in [0, 0.1) is 16.0 Å². The van der Waals surface area contributed by atoms with E-state index in [1.54, 1.807) is 13.8 Å². The molecule has 0 aromatic rings. The van der Waals surface area contributed by atoms with E-state index in [0.29, 0.717) is 0 Å². The van der Waals surface area contributed by atoms with E-state index in [-0.39, 0.29) is 19.1 Å². The molecule has 0 heterocycles. The molecule has 0 fully saturated rings. The van der Waals surface area contributed by atoms with Crippen molar-refractivity contribution < 1.29 is 29.1 Å². The van der Waals surface area contributed by atoms with Crippen LogP contribution >= 0.6 is 0 Å². The highest BCUT2D eigenvalue weighted by molar-refractivity contribution is 6.04. The van der Waals surface area contributed by atoms with Crippen molar-refractivity contribution >= 4 is 11.9 Å². The van der Waals surface area contributed by atoms with E-state index in [1.807, 2.05) is 0 Å². The summed E-state index contributed by atoms with van der Waals surface area (Å²) >= 11 is 0. The highest BCUT2D eigenvalue weighted by atomic mass is 16.6. The molecule has 0 aromatic heterocycles. The molecule has 1 N–H and O–H groups in total. The number of nitrogens with zero attached hydrogens (tertiary/aromatic N) is 1. The van der Waals surface area contributed by atoms with Gasteiger partial charge >= 0.3 is 17.5 Å². The van der Waals surface area contributed by atoms with E-state index in [9.17, 15) is 24.8 Å². The molecule has 0 saturated carbocycles. The van der Waals surface area contributed by atoms with E-state index in [2.05, 4.69) is 9.47 Å². The van der Waals surface area contributed by atoms with Crippen molar-refractivity contribution in [3.8, 4) is 0 Å². The zero-order valence-corrected chi connectivity index (χ0v) is 12.6. The normalized spacial score (nSPS) is 13.2. The van der Waals surface area contributed by atoms with Gasteiger partial charge in [-0.05, 0) is 25.8 Å². The van der Waals surface area contributed by atoms with E-state index >= 15 is 0 Å². The van der Waals surface area contributed by atoms with Gasteiger partial charge in [0.25, 0.3) is 6.04 Å². The molecule has 0 saturated heterocycles. The van der Waals surface area contributed by atoms with Gasteiger partial charge in [-0.25, -0.2) is 9.59 Å². The van der Waals surface area contributed by atoms with Gasteiger partial charge in [0.2, 0.25) is 0 Å². The van der Waals surface area contributed by atoms with Crippen molar-refractivity contribution in [2.45, 2.75) is 39.3 Å². The number of carbonyl (C=O) groups is 2. The number of aliphatic hydroxyl groups is 1. The minimum atomic E-state index is -3.01. The molecule has 21 heavy (non-hydrogen) atoms. The maximum atomic E-state index is 11.9. The number of allylic oxidation sites excluding steroid dienone is 1. The zero-order chi connectivity index (χ0) is 16.6. The van der Waals surface area contributed by atoms with Crippen molar-refractivity contribution in [3.63, 3.8) is 0 Å². The van der Waals surface area contributed by atoms with Crippen LogP contribution < -0.4 is 0 Å². The third-order valence-electron chi connectivity index (χ3n) is 2.51. The fraction of sp³-hybridized carbons (Fsp3) is 0.692. The van der Waals surface area contributed by atoms with Gasteiger partial charge in [-0.2, -0.15) is 0 Å². The first-order chi connectivity index (χ1) is 9.71. The van der Waals surface area contributed by atoms with Crippen LogP contribution in [0.3, 0.4) is 0 Å². The molecule has 0 bridgehead atoms. The molecule has 0 aliphatic carbocycles. The SMILES string of the molecule is CCOC(=O)C(O)(C(=O)OCC)C(/C=C/C(C)C)[N+](=O)[O-]. The molecule has 1 atom stereocenters. The molecule has 0 aliphatic rings. The average Bonchev–Trinajstić information content (AvgIpc) is 2.38. The zero-order valence-electron chi connectivity index (χ0n) is 12.6. The van der Waals surface area contributed by atoms with Crippen LogP contribution in [0.4, 0.5) is 0 Å². The Morgan fingerprint density at radius 2 is 1.62 bits per heavy atom. The lowest BCUT2D eigenvalue weighted by molar-refractivity contribution is -0.525. The number of ether oxygens (including phenoxy) is 2. The maximum Gasteiger partial charge on any atom is 0.358 e. The molecule has 0 radical (unpaired) electrons. The Labute approximate surface area is 122 Å². The minimum Gasteiger partial charge on any atom is -0.463 e. The Morgan fingerprint density at radius 1 is 1.19 bits per heavy atom. The van der Waals surface area contributed by atoms with Gasteiger partial charge in [-0.3, -0.25) is 10.1 Å². The van der Waals surface area contributed by atoms with Gasteiger partial charge in [0.15, 0.2) is 0 Å². The molecule has 0 aromatic carbocycles.